The number of likely N-dealkylation sites (tertiary alicyclic amines) is 1. The van der Waals surface area contributed by atoms with Crippen LogP contribution in [0.3, 0.4) is 0 Å². The fourth-order valence-corrected chi connectivity index (χ4v) is 5.39. The Morgan fingerprint density at radius 2 is 1.94 bits per heavy atom. The first-order valence-electron chi connectivity index (χ1n) is 12.3. The van der Waals surface area contributed by atoms with Crippen molar-refractivity contribution < 1.29 is 14.7 Å². The Morgan fingerprint density at radius 1 is 1.19 bits per heavy atom. The molecule has 1 saturated heterocycles. The number of nitrogens with one attached hydrogen (secondary N) is 2. The molecule has 2 heterocycles. The van der Waals surface area contributed by atoms with Crippen LogP contribution < -0.4 is 5.32 Å². The number of carbonyl (C=O) groups excluding carboxylic acids is 2. The molecule has 6 heteroatoms. The maximum atomic E-state index is 13.8. The molecule has 2 aliphatic rings. The van der Waals surface area contributed by atoms with Crippen molar-refractivity contribution in [2.45, 2.75) is 83.4 Å². The highest BCUT2D eigenvalue weighted by Gasteiger charge is 2.42. The maximum absolute atomic E-state index is 13.8. The monoisotopic (exact) mass is 439 g/mol. The molecule has 6 nitrogen and oxygen atoms in total. The third-order valence-corrected chi connectivity index (χ3v) is 7.64. The molecule has 1 aromatic heterocycles. The normalized spacial score (nSPS) is 23.9. The van der Waals surface area contributed by atoms with Crippen LogP contribution in [0.5, 0.6) is 0 Å². The van der Waals surface area contributed by atoms with E-state index in [1.165, 1.54) is 6.42 Å². The van der Waals surface area contributed by atoms with Crippen molar-refractivity contribution in [1.29, 1.82) is 0 Å². The molecule has 1 aromatic carbocycles. The molecule has 4 atom stereocenters. The molecule has 0 radical (unpaired) electrons. The number of para-hydroxylation sites is 1. The van der Waals surface area contributed by atoms with Gasteiger partial charge in [-0.2, -0.15) is 0 Å². The molecule has 0 bridgehead atoms. The van der Waals surface area contributed by atoms with Gasteiger partial charge in [0.05, 0.1) is 12.1 Å². The van der Waals surface area contributed by atoms with Crippen LogP contribution in [0.4, 0.5) is 0 Å². The average Bonchev–Trinajstić information content (AvgIpc) is 3.40. The van der Waals surface area contributed by atoms with Crippen LogP contribution in [-0.4, -0.2) is 51.5 Å². The summed E-state index contributed by atoms with van der Waals surface area (Å²) < 4.78 is 0. The van der Waals surface area contributed by atoms with Crippen molar-refractivity contribution >= 4 is 22.7 Å². The van der Waals surface area contributed by atoms with Gasteiger partial charge < -0.3 is 20.3 Å². The minimum atomic E-state index is -0.551. The van der Waals surface area contributed by atoms with Crippen LogP contribution in [0.2, 0.25) is 0 Å². The van der Waals surface area contributed by atoms with E-state index in [1.807, 2.05) is 43.1 Å². The highest BCUT2D eigenvalue weighted by molar-refractivity contribution is 5.89. The number of hydrogen-bond acceptors (Lipinski definition) is 3. The molecule has 1 aliphatic heterocycles. The molecule has 3 N–H and O–H groups in total. The highest BCUT2D eigenvalue weighted by atomic mass is 16.3. The van der Waals surface area contributed by atoms with Gasteiger partial charge in [0, 0.05) is 29.6 Å². The number of carbonyl (C=O) groups is 2. The molecule has 2 aromatic rings. The largest absolute Gasteiger partial charge is 0.391 e. The standard InChI is InChI=1S/C26H37N3O3/c1-3-17(2)25(31)28-24(18-9-5-4-6-10-18)26(32)29-14-13-23(30)22(29)15-19-16-27-21-12-8-7-11-20(19)21/h7-8,11-12,16-18,22-24,27,30H,3-6,9-10,13-15H2,1-2H3,(H,28,31)/t17-,22-,23-,24+/m1/s1. The Labute approximate surface area is 190 Å². The van der Waals surface area contributed by atoms with Gasteiger partial charge in [-0.15, -0.1) is 0 Å². The zero-order valence-corrected chi connectivity index (χ0v) is 19.3. The van der Waals surface area contributed by atoms with Crippen molar-refractivity contribution in [2.24, 2.45) is 11.8 Å². The van der Waals surface area contributed by atoms with E-state index in [2.05, 4.69) is 16.4 Å². The summed E-state index contributed by atoms with van der Waals surface area (Å²) in [6.07, 6.45) is 8.73. The van der Waals surface area contributed by atoms with Gasteiger partial charge in [0.1, 0.15) is 6.04 Å². The lowest BCUT2D eigenvalue weighted by molar-refractivity contribution is -0.140. The molecule has 0 unspecified atom stereocenters. The van der Waals surface area contributed by atoms with E-state index in [9.17, 15) is 14.7 Å². The number of aliphatic hydroxyl groups excluding tert-OH is 1. The second kappa shape index (κ2) is 10.1. The van der Waals surface area contributed by atoms with Crippen molar-refractivity contribution in [3.8, 4) is 0 Å². The predicted octanol–water partition coefficient (Wildman–Crippen LogP) is 3.78. The number of hydrogen-bond donors (Lipinski definition) is 3. The zero-order valence-electron chi connectivity index (χ0n) is 19.3. The van der Waals surface area contributed by atoms with Gasteiger partial charge in [-0.3, -0.25) is 9.59 Å². The van der Waals surface area contributed by atoms with Crippen molar-refractivity contribution in [2.75, 3.05) is 6.54 Å². The smallest absolute Gasteiger partial charge is 0.245 e. The third kappa shape index (κ3) is 4.70. The van der Waals surface area contributed by atoms with Crippen LogP contribution in [0, 0.1) is 11.8 Å². The van der Waals surface area contributed by atoms with Crippen molar-refractivity contribution in [3.05, 3.63) is 36.0 Å². The quantitative estimate of drug-likeness (QED) is 0.614. The van der Waals surface area contributed by atoms with E-state index in [1.54, 1.807) is 0 Å². The molecule has 4 rings (SSSR count). The molecule has 174 valence electrons. The van der Waals surface area contributed by atoms with Crippen molar-refractivity contribution in [3.63, 3.8) is 0 Å². The number of benzene rings is 1. The van der Waals surface area contributed by atoms with Gasteiger partial charge in [-0.1, -0.05) is 51.3 Å². The molecular weight excluding hydrogens is 402 g/mol. The summed E-state index contributed by atoms with van der Waals surface area (Å²) in [5.41, 5.74) is 2.18. The Kier molecular flexibility index (Phi) is 7.19. The molecule has 1 aliphatic carbocycles. The first-order chi connectivity index (χ1) is 15.5. The molecule has 2 fully saturated rings. The van der Waals surface area contributed by atoms with Crippen LogP contribution in [-0.2, 0) is 16.0 Å². The predicted molar refractivity (Wildman–Crippen MR) is 126 cm³/mol. The molecule has 2 amide bonds. The SMILES string of the molecule is CC[C@@H](C)C(=O)N[C@H](C(=O)N1CC[C@@H](O)[C@H]1Cc1c[nH]c2ccccc12)C1CCCCC1. The second-order valence-electron chi connectivity index (χ2n) is 9.71. The minimum absolute atomic E-state index is 0.0186. The van der Waals surface area contributed by atoms with E-state index < -0.39 is 12.1 Å². The van der Waals surface area contributed by atoms with E-state index in [0.29, 0.717) is 19.4 Å². The molecule has 1 saturated carbocycles. The van der Waals surface area contributed by atoms with Crippen molar-refractivity contribution in [1.82, 2.24) is 15.2 Å². The topological polar surface area (TPSA) is 85.4 Å². The highest BCUT2D eigenvalue weighted by Crippen LogP contribution is 2.31. The second-order valence-corrected chi connectivity index (χ2v) is 9.71. The van der Waals surface area contributed by atoms with E-state index in [-0.39, 0.29) is 29.7 Å². The summed E-state index contributed by atoms with van der Waals surface area (Å²) >= 11 is 0. The first-order valence-corrected chi connectivity index (χ1v) is 12.3. The van der Waals surface area contributed by atoms with E-state index in [4.69, 9.17) is 0 Å². The number of aromatic amines is 1. The molecule has 32 heavy (non-hydrogen) atoms. The third-order valence-electron chi connectivity index (χ3n) is 7.64. The number of nitrogens with zero attached hydrogens (tertiary/aromatic N) is 1. The lowest BCUT2D eigenvalue weighted by Gasteiger charge is -2.36. The van der Waals surface area contributed by atoms with E-state index >= 15 is 0 Å². The number of aromatic nitrogens is 1. The molecule has 0 spiro atoms. The number of fused-ring (bicyclic) bond motifs is 1. The van der Waals surface area contributed by atoms with Gasteiger partial charge >= 0.3 is 0 Å². The number of rotatable bonds is 7. The number of amides is 2. The van der Waals surface area contributed by atoms with Crippen LogP contribution in [0.1, 0.15) is 64.4 Å². The fraction of sp³-hybridized carbons (Fsp3) is 0.615. The van der Waals surface area contributed by atoms with Gasteiger partial charge in [0.25, 0.3) is 0 Å². The van der Waals surface area contributed by atoms with Gasteiger partial charge in [-0.25, -0.2) is 0 Å². The van der Waals surface area contributed by atoms with Gasteiger partial charge in [0.15, 0.2) is 0 Å². The van der Waals surface area contributed by atoms with Crippen LogP contribution >= 0.6 is 0 Å². The minimum Gasteiger partial charge on any atom is -0.391 e. The lowest BCUT2D eigenvalue weighted by Crippen LogP contribution is -2.55. The number of aliphatic hydroxyl groups is 1. The summed E-state index contributed by atoms with van der Waals surface area (Å²) in [5.74, 6) is 0.00936. The van der Waals surface area contributed by atoms with Crippen LogP contribution in [0.15, 0.2) is 30.5 Å². The van der Waals surface area contributed by atoms with E-state index in [0.717, 1.165) is 48.6 Å². The Balaban J connectivity index is 1.56. The van der Waals surface area contributed by atoms with Gasteiger partial charge in [-0.05, 0) is 49.7 Å². The zero-order chi connectivity index (χ0) is 22.7. The Bertz CT molecular complexity index is 933. The fourth-order valence-electron chi connectivity index (χ4n) is 5.39. The van der Waals surface area contributed by atoms with Gasteiger partial charge in [0.2, 0.25) is 11.8 Å². The lowest BCUT2D eigenvalue weighted by atomic mass is 9.83. The summed E-state index contributed by atoms with van der Waals surface area (Å²) in [6, 6.07) is 7.36. The summed E-state index contributed by atoms with van der Waals surface area (Å²) in [6.45, 7) is 4.45. The first kappa shape index (κ1) is 22.8. The Morgan fingerprint density at radius 3 is 2.69 bits per heavy atom. The van der Waals surface area contributed by atoms with Crippen LogP contribution in [0.25, 0.3) is 10.9 Å². The Hall–Kier alpha value is -2.34. The summed E-state index contributed by atoms with van der Waals surface area (Å²) in [5, 5.41) is 15.0. The number of H-pyrrole nitrogens is 1. The average molecular weight is 440 g/mol. The maximum Gasteiger partial charge on any atom is 0.245 e. The summed E-state index contributed by atoms with van der Waals surface area (Å²) in [7, 11) is 0. The summed E-state index contributed by atoms with van der Waals surface area (Å²) in [4.78, 5) is 31.7. The molecular formula is C26H37N3O3.